The predicted octanol–water partition coefficient (Wildman–Crippen LogP) is 4.43. The molecular formula is C17H19NO2. The largest absolute Gasteiger partial charge is 0.497 e. The van der Waals surface area contributed by atoms with E-state index in [1.165, 1.54) is 16.3 Å². The van der Waals surface area contributed by atoms with Crippen LogP contribution in [-0.4, -0.2) is 18.2 Å². The van der Waals surface area contributed by atoms with E-state index in [1.54, 1.807) is 7.11 Å². The lowest BCUT2D eigenvalue weighted by atomic mass is 10.1. The van der Waals surface area contributed by atoms with Crippen molar-refractivity contribution in [1.29, 1.82) is 0 Å². The molecule has 0 fully saturated rings. The maximum Gasteiger partial charge on any atom is 0.144 e. The van der Waals surface area contributed by atoms with Gasteiger partial charge in [-0.2, -0.15) is 0 Å². The van der Waals surface area contributed by atoms with Gasteiger partial charge in [0.25, 0.3) is 0 Å². The Morgan fingerprint density at radius 2 is 1.85 bits per heavy atom. The Hall–Kier alpha value is -2.16. The van der Waals surface area contributed by atoms with Gasteiger partial charge in [-0.25, -0.2) is 0 Å². The number of aromatic nitrogens is 1. The normalized spacial score (nSPS) is 11.4. The number of H-pyrrole nitrogens is 1. The van der Waals surface area contributed by atoms with Crippen LogP contribution in [0.5, 0.6) is 11.5 Å². The van der Waals surface area contributed by atoms with Crippen LogP contribution < -0.4 is 9.47 Å². The van der Waals surface area contributed by atoms with E-state index in [-0.39, 0.29) is 6.10 Å². The second-order valence-electron chi connectivity index (χ2n) is 5.39. The molecule has 1 N–H and O–H groups in total. The minimum absolute atomic E-state index is 0.154. The van der Waals surface area contributed by atoms with Crippen LogP contribution in [0.25, 0.3) is 21.8 Å². The van der Waals surface area contributed by atoms with E-state index >= 15 is 0 Å². The third kappa shape index (κ3) is 2.09. The molecule has 0 amide bonds. The molecule has 3 aromatic rings. The van der Waals surface area contributed by atoms with Crippen molar-refractivity contribution in [1.82, 2.24) is 4.98 Å². The Labute approximate surface area is 118 Å². The van der Waals surface area contributed by atoms with Crippen molar-refractivity contribution >= 4 is 21.8 Å². The van der Waals surface area contributed by atoms with Crippen LogP contribution in [0.1, 0.15) is 19.4 Å². The number of aromatic amines is 1. The molecule has 3 rings (SSSR count). The van der Waals surface area contributed by atoms with Gasteiger partial charge in [-0.05, 0) is 50.6 Å². The summed E-state index contributed by atoms with van der Waals surface area (Å²) in [5.74, 6) is 1.76. The van der Waals surface area contributed by atoms with E-state index < -0.39 is 0 Å². The molecule has 1 aromatic heterocycles. The maximum atomic E-state index is 5.93. The average molecular weight is 269 g/mol. The minimum Gasteiger partial charge on any atom is -0.497 e. The highest BCUT2D eigenvalue weighted by Crippen LogP contribution is 2.34. The predicted molar refractivity (Wildman–Crippen MR) is 82.9 cm³/mol. The molecule has 2 aromatic carbocycles. The molecular weight excluding hydrogens is 250 g/mol. The van der Waals surface area contributed by atoms with E-state index in [2.05, 4.69) is 30.1 Å². The molecule has 1 heterocycles. The van der Waals surface area contributed by atoms with Gasteiger partial charge in [-0.1, -0.05) is 0 Å². The molecule has 20 heavy (non-hydrogen) atoms. The van der Waals surface area contributed by atoms with Crippen molar-refractivity contribution in [3.8, 4) is 11.5 Å². The first-order valence-electron chi connectivity index (χ1n) is 6.85. The van der Waals surface area contributed by atoms with Crippen LogP contribution in [0.4, 0.5) is 0 Å². The molecule has 0 spiro atoms. The Morgan fingerprint density at radius 1 is 1.05 bits per heavy atom. The van der Waals surface area contributed by atoms with E-state index in [0.29, 0.717) is 0 Å². The molecule has 0 bridgehead atoms. The summed E-state index contributed by atoms with van der Waals surface area (Å²) in [5.41, 5.74) is 3.32. The number of hydrogen-bond acceptors (Lipinski definition) is 2. The van der Waals surface area contributed by atoms with Crippen molar-refractivity contribution in [3.63, 3.8) is 0 Å². The van der Waals surface area contributed by atoms with Crippen LogP contribution in [0.2, 0.25) is 0 Å². The Kier molecular flexibility index (Phi) is 3.05. The van der Waals surface area contributed by atoms with Crippen LogP contribution in [0.15, 0.2) is 30.3 Å². The molecule has 0 saturated carbocycles. The number of aryl methyl sites for hydroxylation is 1. The molecule has 0 atom stereocenters. The topological polar surface area (TPSA) is 34.2 Å². The maximum absolute atomic E-state index is 5.93. The van der Waals surface area contributed by atoms with Crippen molar-refractivity contribution < 1.29 is 9.47 Å². The molecule has 0 radical (unpaired) electrons. The van der Waals surface area contributed by atoms with Crippen LogP contribution in [0, 0.1) is 6.92 Å². The highest BCUT2D eigenvalue weighted by atomic mass is 16.5. The third-order valence-electron chi connectivity index (χ3n) is 3.39. The zero-order valence-corrected chi connectivity index (χ0v) is 12.3. The quantitative estimate of drug-likeness (QED) is 0.763. The summed E-state index contributed by atoms with van der Waals surface area (Å²) in [6.07, 6.45) is 0.154. The summed E-state index contributed by atoms with van der Waals surface area (Å²) in [4.78, 5) is 3.45. The Morgan fingerprint density at radius 3 is 2.55 bits per heavy atom. The van der Waals surface area contributed by atoms with E-state index in [4.69, 9.17) is 9.47 Å². The number of benzene rings is 2. The summed E-state index contributed by atoms with van der Waals surface area (Å²) in [7, 11) is 1.68. The fourth-order valence-electron chi connectivity index (χ4n) is 2.56. The molecule has 3 heteroatoms. The molecule has 0 saturated heterocycles. The van der Waals surface area contributed by atoms with Gasteiger partial charge >= 0.3 is 0 Å². The number of fused-ring (bicyclic) bond motifs is 3. The van der Waals surface area contributed by atoms with Gasteiger partial charge in [0.2, 0.25) is 0 Å². The lowest BCUT2D eigenvalue weighted by molar-refractivity contribution is 0.245. The molecule has 3 nitrogen and oxygen atoms in total. The van der Waals surface area contributed by atoms with Gasteiger partial charge in [0.05, 0.1) is 24.2 Å². The van der Waals surface area contributed by atoms with Gasteiger partial charge in [-0.3, -0.25) is 0 Å². The first-order chi connectivity index (χ1) is 9.58. The van der Waals surface area contributed by atoms with Gasteiger partial charge < -0.3 is 14.5 Å². The number of ether oxygens (including phenoxy) is 2. The fourth-order valence-corrected chi connectivity index (χ4v) is 2.56. The van der Waals surface area contributed by atoms with Crippen LogP contribution >= 0.6 is 0 Å². The van der Waals surface area contributed by atoms with E-state index in [9.17, 15) is 0 Å². The van der Waals surface area contributed by atoms with Crippen molar-refractivity contribution in [2.75, 3.05) is 7.11 Å². The average Bonchev–Trinajstić information content (AvgIpc) is 2.76. The van der Waals surface area contributed by atoms with Gasteiger partial charge in [0.15, 0.2) is 0 Å². The lowest BCUT2D eigenvalue weighted by Gasteiger charge is -2.11. The molecule has 0 aliphatic carbocycles. The zero-order chi connectivity index (χ0) is 14.3. The zero-order valence-electron chi connectivity index (χ0n) is 12.3. The highest BCUT2D eigenvalue weighted by Gasteiger charge is 2.11. The second-order valence-corrected chi connectivity index (χ2v) is 5.39. The summed E-state index contributed by atoms with van der Waals surface area (Å²) >= 11 is 0. The number of nitrogens with one attached hydrogen (secondary N) is 1. The number of methoxy groups -OCH3 is 1. The first kappa shape index (κ1) is 12.9. The van der Waals surface area contributed by atoms with Gasteiger partial charge in [-0.15, -0.1) is 0 Å². The summed E-state index contributed by atoms with van der Waals surface area (Å²) in [6.45, 7) is 6.18. The Balaban J connectivity index is 2.31. The standard InChI is InChI=1S/C17H19NO2/c1-10(2)20-16-8-11(3)7-14-13-6-5-12(19-4)9-15(13)18-17(14)16/h5-10,18H,1-4H3. The lowest BCUT2D eigenvalue weighted by Crippen LogP contribution is -2.06. The third-order valence-corrected chi connectivity index (χ3v) is 3.39. The smallest absolute Gasteiger partial charge is 0.144 e. The van der Waals surface area contributed by atoms with Crippen molar-refractivity contribution in [2.45, 2.75) is 26.9 Å². The van der Waals surface area contributed by atoms with Crippen LogP contribution in [0.3, 0.4) is 0 Å². The monoisotopic (exact) mass is 269 g/mol. The number of hydrogen-bond donors (Lipinski definition) is 1. The highest BCUT2D eigenvalue weighted by molar-refractivity contribution is 6.09. The number of rotatable bonds is 3. The van der Waals surface area contributed by atoms with E-state index in [1.807, 2.05) is 26.0 Å². The van der Waals surface area contributed by atoms with Crippen LogP contribution in [-0.2, 0) is 0 Å². The van der Waals surface area contributed by atoms with Crippen molar-refractivity contribution in [3.05, 3.63) is 35.9 Å². The Bertz CT molecular complexity index is 771. The first-order valence-corrected chi connectivity index (χ1v) is 6.85. The summed E-state index contributed by atoms with van der Waals surface area (Å²) < 4.78 is 11.2. The minimum atomic E-state index is 0.154. The fraction of sp³-hybridized carbons (Fsp3) is 0.294. The summed E-state index contributed by atoms with van der Waals surface area (Å²) in [6, 6.07) is 10.4. The molecule has 104 valence electrons. The van der Waals surface area contributed by atoms with Crippen molar-refractivity contribution in [2.24, 2.45) is 0 Å². The second kappa shape index (κ2) is 4.75. The molecule has 0 aliphatic rings. The van der Waals surface area contributed by atoms with E-state index in [0.717, 1.165) is 22.5 Å². The SMILES string of the molecule is COc1ccc2c(c1)[nH]c1c(OC(C)C)cc(C)cc12. The van der Waals surface area contributed by atoms with Gasteiger partial charge in [0.1, 0.15) is 11.5 Å². The van der Waals surface area contributed by atoms with Gasteiger partial charge in [0, 0.05) is 16.8 Å². The molecule has 0 aliphatic heterocycles. The summed E-state index contributed by atoms with van der Waals surface area (Å²) in [5, 5.41) is 2.39. The molecule has 0 unspecified atom stereocenters.